The quantitative estimate of drug-likeness (QED) is 0.780. The molecule has 0 aliphatic heterocycles. The fraction of sp³-hybridized carbons (Fsp3) is 0.636. The minimum absolute atomic E-state index is 0.200. The third-order valence-corrected chi connectivity index (χ3v) is 4.22. The van der Waals surface area contributed by atoms with Crippen LogP contribution < -0.4 is 11.1 Å². The highest BCUT2D eigenvalue weighted by Gasteiger charge is 2.65. The fourth-order valence-corrected chi connectivity index (χ4v) is 2.40. The van der Waals surface area contributed by atoms with Crippen LogP contribution >= 0.6 is 11.6 Å². The zero-order valence-electron chi connectivity index (χ0n) is 10.0. The van der Waals surface area contributed by atoms with Crippen molar-refractivity contribution in [1.29, 1.82) is 0 Å². The number of halogens is 1. The third-order valence-electron chi connectivity index (χ3n) is 4.03. The SMILES string of the molecule is CC1(C)C(Nc2cc(Cl)nc(N)n2)C1(C)C. The highest BCUT2D eigenvalue weighted by atomic mass is 35.5. The first-order valence-corrected chi connectivity index (χ1v) is 5.69. The maximum Gasteiger partial charge on any atom is 0.223 e. The second-order valence-corrected chi connectivity index (χ2v) is 5.84. The molecule has 0 aromatic carbocycles. The molecule has 2 rings (SSSR count). The van der Waals surface area contributed by atoms with Gasteiger partial charge >= 0.3 is 0 Å². The summed E-state index contributed by atoms with van der Waals surface area (Å²) in [5.74, 6) is 0.896. The summed E-state index contributed by atoms with van der Waals surface area (Å²) in [5, 5.41) is 3.73. The van der Waals surface area contributed by atoms with Crippen LogP contribution in [0.1, 0.15) is 27.7 Å². The van der Waals surface area contributed by atoms with Gasteiger partial charge in [0, 0.05) is 12.1 Å². The second kappa shape index (κ2) is 3.23. The highest BCUT2D eigenvalue weighted by molar-refractivity contribution is 6.29. The van der Waals surface area contributed by atoms with Crippen molar-refractivity contribution in [3.63, 3.8) is 0 Å². The van der Waals surface area contributed by atoms with Gasteiger partial charge in [-0.15, -0.1) is 0 Å². The number of nitrogens with one attached hydrogen (secondary N) is 1. The molecule has 1 aliphatic carbocycles. The highest BCUT2D eigenvalue weighted by Crippen LogP contribution is 2.63. The molecule has 3 N–H and O–H groups in total. The molecule has 1 saturated carbocycles. The van der Waals surface area contributed by atoms with E-state index < -0.39 is 0 Å². The van der Waals surface area contributed by atoms with Crippen LogP contribution in [0.5, 0.6) is 0 Å². The molecule has 1 heterocycles. The molecule has 0 radical (unpaired) electrons. The molecule has 16 heavy (non-hydrogen) atoms. The first-order valence-electron chi connectivity index (χ1n) is 5.32. The van der Waals surface area contributed by atoms with E-state index in [1.54, 1.807) is 6.07 Å². The number of nitrogen functional groups attached to an aromatic ring is 1. The largest absolute Gasteiger partial charge is 0.368 e. The first-order chi connectivity index (χ1) is 7.25. The van der Waals surface area contributed by atoms with Crippen LogP contribution in [0.2, 0.25) is 5.15 Å². The molecule has 0 atom stereocenters. The number of nitrogens with zero attached hydrogens (tertiary/aromatic N) is 2. The van der Waals surface area contributed by atoms with E-state index in [2.05, 4.69) is 43.0 Å². The van der Waals surface area contributed by atoms with Crippen LogP contribution in [-0.4, -0.2) is 16.0 Å². The van der Waals surface area contributed by atoms with Crippen LogP contribution in [0.3, 0.4) is 0 Å². The molecule has 0 bridgehead atoms. The van der Waals surface area contributed by atoms with E-state index in [-0.39, 0.29) is 16.8 Å². The van der Waals surface area contributed by atoms with Gasteiger partial charge in [0.2, 0.25) is 5.95 Å². The lowest BCUT2D eigenvalue weighted by atomic mass is 10.0. The van der Waals surface area contributed by atoms with Crippen molar-refractivity contribution in [2.45, 2.75) is 33.7 Å². The van der Waals surface area contributed by atoms with Crippen LogP contribution in [-0.2, 0) is 0 Å². The van der Waals surface area contributed by atoms with E-state index >= 15 is 0 Å². The Labute approximate surface area is 101 Å². The van der Waals surface area contributed by atoms with Crippen molar-refractivity contribution in [1.82, 2.24) is 9.97 Å². The number of hydrogen-bond donors (Lipinski definition) is 2. The van der Waals surface area contributed by atoms with E-state index in [0.29, 0.717) is 17.0 Å². The van der Waals surface area contributed by atoms with Gasteiger partial charge in [-0.3, -0.25) is 0 Å². The average Bonchev–Trinajstić information content (AvgIpc) is 2.46. The van der Waals surface area contributed by atoms with Gasteiger partial charge in [0.15, 0.2) is 0 Å². The Morgan fingerprint density at radius 3 is 2.25 bits per heavy atom. The molecule has 88 valence electrons. The number of anilines is 2. The van der Waals surface area contributed by atoms with E-state index in [1.165, 1.54) is 0 Å². The fourth-order valence-electron chi connectivity index (χ4n) is 2.21. The summed E-state index contributed by atoms with van der Waals surface area (Å²) in [5.41, 5.74) is 6.04. The van der Waals surface area contributed by atoms with Gasteiger partial charge in [-0.05, 0) is 10.8 Å². The number of nitrogens with two attached hydrogens (primary N) is 1. The monoisotopic (exact) mass is 240 g/mol. The summed E-state index contributed by atoms with van der Waals surface area (Å²) in [4.78, 5) is 7.94. The van der Waals surface area contributed by atoms with Crippen molar-refractivity contribution in [2.24, 2.45) is 10.8 Å². The molecular formula is C11H17ClN4. The van der Waals surface area contributed by atoms with Gasteiger partial charge in [-0.1, -0.05) is 39.3 Å². The summed E-state index contributed by atoms with van der Waals surface area (Å²) in [6.45, 7) is 8.93. The van der Waals surface area contributed by atoms with Crippen molar-refractivity contribution in [2.75, 3.05) is 11.1 Å². The molecule has 1 aromatic heterocycles. The predicted molar refractivity (Wildman–Crippen MR) is 66.4 cm³/mol. The van der Waals surface area contributed by atoms with Gasteiger partial charge in [-0.2, -0.15) is 4.98 Å². The second-order valence-electron chi connectivity index (χ2n) is 5.45. The Bertz CT molecular complexity index is 394. The van der Waals surface area contributed by atoms with Crippen LogP contribution in [0, 0.1) is 10.8 Å². The molecule has 4 nitrogen and oxygen atoms in total. The third kappa shape index (κ3) is 1.61. The Kier molecular flexibility index (Phi) is 2.31. The van der Waals surface area contributed by atoms with Crippen LogP contribution in [0.15, 0.2) is 6.07 Å². The minimum Gasteiger partial charge on any atom is -0.368 e. The van der Waals surface area contributed by atoms with Crippen molar-refractivity contribution < 1.29 is 0 Å². The Morgan fingerprint density at radius 2 is 1.81 bits per heavy atom. The maximum atomic E-state index is 5.83. The standard InChI is InChI=1S/C11H17ClN4/c1-10(2)8(11(10,3)4)15-7-5-6(12)14-9(13)16-7/h5,8H,1-4H3,(H3,13,14,15,16). The maximum absolute atomic E-state index is 5.83. The zero-order valence-corrected chi connectivity index (χ0v) is 10.8. The van der Waals surface area contributed by atoms with Gasteiger partial charge in [0.25, 0.3) is 0 Å². The normalized spacial score (nSPS) is 21.8. The molecule has 1 aliphatic rings. The number of aromatic nitrogens is 2. The molecule has 1 aromatic rings. The first kappa shape index (κ1) is 11.5. The molecule has 0 unspecified atom stereocenters. The van der Waals surface area contributed by atoms with Gasteiger partial charge < -0.3 is 11.1 Å². The van der Waals surface area contributed by atoms with Crippen molar-refractivity contribution >= 4 is 23.4 Å². The predicted octanol–water partition coefficient (Wildman–Crippen LogP) is 2.56. The van der Waals surface area contributed by atoms with E-state index in [9.17, 15) is 0 Å². The number of hydrogen-bond acceptors (Lipinski definition) is 4. The summed E-state index contributed by atoms with van der Waals surface area (Å²) in [7, 11) is 0. The van der Waals surface area contributed by atoms with Crippen molar-refractivity contribution in [3.05, 3.63) is 11.2 Å². The van der Waals surface area contributed by atoms with Gasteiger partial charge in [0.05, 0.1) is 0 Å². The summed E-state index contributed by atoms with van der Waals surface area (Å²) >= 11 is 5.83. The zero-order chi connectivity index (χ0) is 12.1. The minimum atomic E-state index is 0.200. The van der Waals surface area contributed by atoms with Gasteiger partial charge in [0.1, 0.15) is 11.0 Å². The topological polar surface area (TPSA) is 63.8 Å². The Balaban J connectivity index is 2.18. The lowest BCUT2D eigenvalue weighted by Crippen LogP contribution is -2.12. The Morgan fingerprint density at radius 1 is 1.25 bits per heavy atom. The van der Waals surface area contributed by atoms with Crippen molar-refractivity contribution in [3.8, 4) is 0 Å². The lowest BCUT2D eigenvalue weighted by Gasteiger charge is -2.07. The molecular weight excluding hydrogens is 224 g/mol. The summed E-state index contributed by atoms with van der Waals surface area (Å²) in [6, 6.07) is 2.08. The van der Waals surface area contributed by atoms with Crippen LogP contribution in [0.4, 0.5) is 11.8 Å². The molecule has 0 amide bonds. The molecule has 5 heteroatoms. The summed E-state index contributed by atoms with van der Waals surface area (Å²) in [6.07, 6.45) is 0. The molecule has 0 saturated heterocycles. The number of rotatable bonds is 2. The van der Waals surface area contributed by atoms with E-state index in [1.807, 2.05) is 0 Å². The summed E-state index contributed by atoms with van der Waals surface area (Å²) < 4.78 is 0. The molecule has 0 spiro atoms. The van der Waals surface area contributed by atoms with E-state index in [4.69, 9.17) is 17.3 Å². The average molecular weight is 241 g/mol. The molecule has 1 fully saturated rings. The lowest BCUT2D eigenvalue weighted by molar-refractivity contribution is 0.457. The smallest absolute Gasteiger partial charge is 0.223 e. The van der Waals surface area contributed by atoms with E-state index in [0.717, 1.165) is 0 Å². The van der Waals surface area contributed by atoms with Crippen LogP contribution in [0.25, 0.3) is 0 Å². The van der Waals surface area contributed by atoms with Gasteiger partial charge in [-0.25, -0.2) is 4.98 Å². The Hall–Kier alpha value is -1.03.